The highest BCUT2D eigenvalue weighted by atomic mass is 15.1. The van der Waals surface area contributed by atoms with Gasteiger partial charge in [-0.1, -0.05) is 18.2 Å². The van der Waals surface area contributed by atoms with Crippen molar-refractivity contribution in [3.63, 3.8) is 0 Å². The molecule has 0 amide bonds. The van der Waals surface area contributed by atoms with Crippen LogP contribution in [0, 0.1) is 0 Å². The molecule has 0 fully saturated rings. The van der Waals surface area contributed by atoms with Crippen molar-refractivity contribution in [1.29, 1.82) is 0 Å². The van der Waals surface area contributed by atoms with Crippen LogP contribution in [0.4, 0.5) is 0 Å². The van der Waals surface area contributed by atoms with Crippen LogP contribution in [0.1, 0.15) is 23.6 Å². The lowest BCUT2D eigenvalue weighted by molar-refractivity contribution is 0.726. The van der Waals surface area contributed by atoms with Crippen molar-refractivity contribution >= 4 is 0 Å². The second-order valence-corrected chi connectivity index (χ2v) is 3.88. The van der Waals surface area contributed by atoms with Crippen LogP contribution < -0.4 is 5.73 Å². The zero-order valence-electron chi connectivity index (χ0n) is 8.43. The Labute approximate surface area is 88.6 Å². The monoisotopic (exact) mass is 199 g/mol. The van der Waals surface area contributed by atoms with E-state index < -0.39 is 0 Å². The molecule has 1 aliphatic rings. The van der Waals surface area contributed by atoms with Gasteiger partial charge in [-0.3, -0.25) is 0 Å². The summed E-state index contributed by atoms with van der Waals surface area (Å²) in [5.41, 5.74) is 9.56. The third-order valence-electron chi connectivity index (χ3n) is 3.05. The van der Waals surface area contributed by atoms with Crippen molar-refractivity contribution in [3.8, 4) is 5.69 Å². The minimum Gasteiger partial charge on any atom is -0.330 e. The first-order chi connectivity index (χ1) is 7.42. The zero-order valence-corrected chi connectivity index (χ0v) is 8.43. The molecule has 3 heteroatoms. The van der Waals surface area contributed by atoms with Crippen LogP contribution in [0.2, 0.25) is 0 Å². The molecule has 2 N–H and O–H groups in total. The molecule has 3 nitrogen and oxygen atoms in total. The van der Waals surface area contributed by atoms with Gasteiger partial charge in [0.2, 0.25) is 0 Å². The van der Waals surface area contributed by atoms with Gasteiger partial charge < -0.3 is 10.3 Å². The fraction of sp³-hybridized carbons (Fsp3) is 0.250. The van der Waals surface area contributed by atoms with E-state index in [1.807, 2.05) is 12.5 Å². The molecule has 0 aliphatic carbocycles. The molecule has 0 saturated carbocycles. The zero-order chi connectivity index (χ0) is 10.3. The number of fused-ring (bicyclic) bond motifs is 3. The number of benzene rings is 1. The van der Waals surface area contributed by atoms with Crippen LogP contribution in [0.5, 0.6) is 0 Å². The van der Waals surface area contributed by atoms with Gasteiger partial charge in [-0.05, 0) is 24.6 Å². The lowest BCUT2D eigenvalue weighted by Crippen LogP contribution is -2.06. The summed E-state index contributed by atoms with van der Waals surface area (Å²) < 4.78 is 2.16. The second-order valence-electron chi connectivity index (χ2n) is 3.88. The van der Waals surface area contributed by atoms with Gasteiger partial charge in [0, 0.05) is 12.1 Å². The second kappa shape index (κ2) is 3.21. The molecular weight excluding hydrogens is 186 g/mol. The van der Waals surface area contributed by atoms with Gasteiger partial charge >= 0.3 is 0 Å². The quantitative estimate of drug-likeness (QED) is 0.799. The van der Waals surface area contributed by atoms with E-state index in [4.69, 9.17) is 5.73 Å². The van der Waals surface area contributed by atoms with Crippen molar-refractivity contribution in [2.45, 2.75) is 12.3 Å². The summed E-state index contributed by atoms with van der Waals surface area (Å²) in [7, 11) is 0. The minimum absolute atomic E-state index is 0.425. The Morgan fingerprint density at radius 1 is 1.33 bits per heavy atom. The first kappa shape index (κ1) is 8.68. The highest BCUT2D eigenvalue weighted by Crippen LogP contribution is 2.38. The van der Waals surface area contributed by atoms with Crippen molar-refractivity contribution in [2.75, 3.05) is 6.54 Å². The molecule has 0 spiro atoms. The number of aromatic nitrogens is 2. The van der Waals surface area contributed by atoms with E-state index in [0.29, 0.717) is 12.5 Å². The summed E-state index contributed by atoms with van der Waals surface area (Å²) in [5, 5.41) is 0. The highest BCUT2D eigenvalue weighted by molar-refractivity contribution is 5.52. The predicted molar refractivity (Wildman–Crippen MR) is 59.1 cm³/mol. The van der Waals surface area contributed by atoms with Gasteiger partial charge in [-0.2, -0.15) is 0 Å². The van der Waals surface area contributed by atoms with Crippen LogP contribution in [-0.4, -0.2) is 16.1 Å². The lowest BCUT2D eigenvalue weighted by Gasteiger charge is -2.08. The predicted octanol–water partition coefficient (Wildman–Crippen LogP) is 1.67. The van der Waals surface area contributed by atoms with Crippen LogP contribution >= 0.6 is 0 Å². The summed E-state index contributed by atoms with van der Waals surface area (Å²) in [5.74, 6) is 0.425. The summed E-state index contributed by atoms with van der Waals surface area (Å²) in [6, 6.07) is 8.47. The van der Waals surface area contributed by atoms with Crippen molar-refractivity contribution in [2.24, 2.45) is 5.73 Å². The average molecular weight is 199 g/mol. The third-order valence-corrected chi connectivity index (χ3v) is 3.05. The molecule has 2 aromatic rings. The average Bonchev–Trinajstić information content (AvgIpc) is 2.82. The fourth-order valence-corrected chi connectivity index (χ4v) is 2.40. The SMILES string of the molecule is NCCC1c2ccccc2-n2cncc21. The Morgan fingerprint density at radius 2 is 2.20 bits per heavy atom. The molecule has 1 aromatic carbocycles. The molecule has 0 saturated heterocycles. The Bertz CT molecular complexity index is 487. The Hall–Kier alpha value is -1.61. The summed E-state index contributed by atoms with van der Waals surface area (Å²) in [4.78, 5) is 4.20. The maximum absolute atomic E-state index is 5.66. The number of imidazole rings is 1. The number of nitrogens with zero attached hydrogens (tertiary/aromatic N) is 2. The van der Waals surface area contributed by atoms with E-state index in [9.17, 15) is 0 Å². The molecule has 3 rings (SSSR count). The highest BCUT2D eigenvalue weighted by Gasteiger charge is 2.27. The van der Waals surface area contributed by atoms with Gasteiger partial charge in [0.1, 0.15) is 0 Å². The molecule has 76 valence electrons. The van der Waals surface area contributed by atoms with Gasteiger partial charge in [0.15, 0.2) is 0 Å². The molecule has 0 bridgehead atoms. The molecule has 1 unspecified atom stereocenters. The maximum atomic E-state index is 5.66. The van der Waals surface area contributed by atoms with Crippen molar-refractivity contribution in [1.82, 2.24) is 9.55 Å². The first-order valence-electron chi connectivity index (χ1n) is 5.23. The van der Waals surface area contributed by atoms with Crippen LogP contribution in [0.25, 0.3) is 5.69 Å². The lowest BCUT2D eigenvalue weighted by atomic mass is 9.95. The van der Waals surface area contributed by atoms with E-state index in [1.54, 1.807) is 0 Å². The van der Waals surface area contributed by atoms with E-state index in [-0.39, 0.29) is 0 Å². The van der Waals surface area contributed by atoms with Gasteiger partial charge in [0.25, 0.3) is 0 Å². The molecule has 1 aromatic heterocycles. The molecule has 1 aliphatic heterocycles. The number of para-hydroxylation sites is 1. The Kier molecular flexibility index (Phi) is 1.86. The number of rotatable bonds is 2. The van der Waals surface area contributed by atoms with Gasteiger partial charge in [-0.15, -0.1) is 0 Å². The summed E-state index contributed by atoms with van der Waals surface area (Å²) in [6.45, 7) is 0.712. The largest absolute Gasteiger partial charge is 0.330 e. The smallest absolute Gasteiger partial charge is 0.0994 e. The standard InChI is InChI=1S/C12H13N3/c13-6-5-10-9-3-1-2-4-11(9)15-8-14-7-12(10)15/h1-4,7-8,10H,5-6,13H2. The van der Waals surface area contributed by atoms with E-state index in [0.717, 1.165) is 6.42 Å². The van der Waals surface area contributed by atoms with E-state index >= 15 is 0 Å². The molecule has 0 radical (unpaired) electrons. The minimum atomic E-state index is 0.425. The van der Waals surface area contributed by atoms with Gasteiger partial charge in [0.05, 0.1) is 17.7 Å². The van der Waals surface area contributed by atoms with Crippen molar-refractivity contribution in [3.05, 3.63) is 48.0 Å². The summed E-state index contributed by atoms with van der Waals surface area (Å²) in [6.07, 6.45) is 4.81. The van der Waals surface area contributed by atoms with E-state index in [1.165, 1.54) is 16.9 Å². The Balaban J connectivity index is 2.19. The molecular formula is C12H13N3. The third kappa shape index (κ3) is 1.13. The summed E-state index contributed by atoms with van der Waals surface area (Å²) >= 11 is 0. The van der Waals surface area contributed by atoms with Crippen LogP contribution in [0.3, 0.4) is 0 Å². The molecule has 2 heterocycles. The molecule has 1 atom stereocenters. The van der Waals surface area contributed by atoms with E-state index in [2.05, 4.69) is 33.8 Å². The Morgan fingerprint density at radius 3 is 3.07 bits per heavy atom. The maximum Gasteiger partial charge on any atom is 0.0994 e. The topological polar surface area (TPSA) is 43.8 Å². The number of hydrogen-bond acceptors (Lipinski definition) is 2. The van der Waals surface area contributed by atoms with Crippen LogP contribution in [-0.2, 0) is 0 Å². The van der Waals surface area contributed by atoms with Crippen molar-refractivity contribution < 1.29 is 0 Å². The number of nitrogens with two attached hydrogens (primary N) is 1. The normalized spacial score (nSPS) is 17.5. The number of hydrogen-bond donors (Lipinski definition) is 1. The van der Waals surface area contributed by atoms with Gasteiger partial charge in [-0.25, -0.2) is 4.98 Å². The van der Waals surface area contributed by atoms with Crippen LogP contribution in [0.15, 0.2) is 36.8 Å². The molecule has 15 heavy (non-hydrogen) atoms. The first-order valence-corrected chi connectivity index (χ1v) is 5.23. The fourth-order valence-electron chi connectivity index (χ4n) is 2.40.